The van der Waals surface area contributed by atoms with Gasteiger partial charge in [-0.1, -0.05) is 0 Å². The molecule has 0 aliphatic rings. The van der Waals surface area contributed by atoms with Crippen LogP contribution in [0.25, 0.3) is 0 Å². The van der Waals surface area contributed by atoms with E-state index in [1.165, 1.54) is 7.11 Å². The molecule has 0 aromatic heterocycles. The van der Waals surface area contributed by atoms with E-state index in [0.717, 1.165) is 0 Å². The first-order chi connectivity index (χ1) is 4.18. The molecule has 0 spiro atoms. The Morgan fingerprint density at radius 1 is 1.33 bits per heavy atom. The summed E-state index contributed by atoms with van der Waals surface area (Å²) in [5.74, 6) is -0.125. The van der Waals surface area contributed by atoms with Gasteiger partial charge in [0.1, 0.15) is 0 Å². The van der Waals surface area contributed by atoms with Crippen molar-refractivity contribution in [3.8, 4) is 5.75 Å². The molecule has 47 valence electrons. The molecule has 0 unspecified atom stereocenters. The molecule has 0 heterocycles. The van der Waals surface area contributed by atoms with Crippen molar-refractivity contribution in [3.05, 3.63) is 20.4 Å². The Bertz CT molecular complexity index is 295. The SMILES string of the molecule is COc1c([NH])c(=O)c1=O. The summed E-state index contributed by atoms with van der Waals surface area (Å²) in [5, 5.41) is 0. The monoisotopic (exact) mass is 126 g/mol. The number of rotatable bonds is 1. The van der Waals surface area contributed by atoms with Crippen LogP contribution in [0.15, 0.2) is 9.59 Å². The predicted molar refractivity (Wildman–Crippen MR) is 30.7 cm³/mol. The van der Waals surface area contributed by atoms with Gasteiger partial charge in [0.15, 0.2) is 11.4 Å². The molecular formula is C5H4NO3. The van der Waals surface area contributed by atoms with Gasteiger partial charge in [0.2, 0.25) is 0 Å². The van der Waals surface area contributed by atoms with Crippen LogP contribution in [0, 0.1) is 0 Å². The topological polar surface area (TPSA) is 67.2 Å². The fourth-order valence-corrected chi connectivity index (χ4v) is 0.566. The Hall–Kier alpha value is -1.32. The zero-order chi connectivity index (χ0) is 7.02. The first-order valence-electron chi connectivity index (χ1n) is 2.27. The lowest BCUT2D eigenvalue weighted by Crippen LogP contribution is -2.32. The summed E-state index contributed by atoms with van der Waals surface area (Å²) in [5.41, 5.74) is 5.02. The highest BCUT2D eigenvalue weighted by atomic mass is 16.5. The highest BCUT2D eigenvalue weighted by molar-refractivity contribution is 5.54. The minimum atomic E-state index is -0.758. The van der Waals surface area contributed by atoms with Crippen molar-refractivity contribution < 1.29 is 4.74 Å². The lowest BCUT2D eigenvalue weighted by atomic mass is 10.2. The number of ether oxygens (including phenoxy) is 1. The Balaban J connectivity index is 3.25. The Kier molecular flexibility index (Phi) is 1.02. The molecule has 0 amide bonds. The molecule has 0 aliphatic carbocycles. The highest BCUT2D eigenvalue weighted by Gasteiger charge is 2.18. The van der Waals surface area contributed by atoms with Crippen molar-refractivity contribution in [1.82, 2.24) is 5.73 Å². The lowest BCUT2D eigenvalue weighted by molar-refractivity contribution is 0.406. The molecule has 0 saturated heterocycles. The van der Waals surface area contributed by atoms with E-state index in [9.17, 15) is 9.59 Å². The Morgan fingerprint density at radius 2 is 1.89 bits per heavy atom. The molecule has 0 saturated carbocycles. The van der Waals surface area contributed by atoms with Gasteiger partial charge >= 0.3 is 0 Å². The van der Waals surface area contributed by atoms with Crippen LogP contribution in [0.1, 0.15) is 0 Å². The molecule has 1 aromatic rings. The largest absolute Gasteiger partial charge is 0.490 e. The van der Waals surface area contributed by atoms with Crippen molar-refractivity contribution in [2.45, 2.75) is 0 Å². The van der Waals surface area contributed by atoms with Gasteiger partial charge in [0, 0.05) is 0 Å². The van der Waals surface area contributed by atoms with Gasteiger partial charge in [-0.3, -0.25) is 15.3 Å². The van der Waals surface area contributed by atoms with E-state index in [1.54, 1.807) is 0 Å². The van der Waals surface area contributed by atoms with E-state index in [0.29, 0.717) is 0 Å². The molecule has 0 atom stereocenters. The van der Waals surface area contributed by atoms with Gasteiger partial charge < -0.3 is 4.74 Å². The molecule has 0 bridgehead atoms. The molecule has 1 aromatic carbocycles. The minimum absolute atomic E-state index is 0.125. The number of nitrogens with one attached hydrogen (secondary N) is 1. The summed E-state index contributed by atoms with van der Waals surface area (Å²) < 4.78 is 4.40. The molecule has 9 heavy (non-hydrogen) atoms. The molecule has 0 aliphatic heterocycles. The van der Waals surface area contributed by atoms with Gasteiger partial charge in [0.05, 0.1) is 7.11 Å². The molecule has 4 heteroatoms. The number of hydrogen-bond donors (Lipinski definition) is 0. The maximum absolute atomic E-state index is 10.4. The highest BCUT2D eigenvalue weighted by Crippen LogP contribution is 2.12. The van der Waals surface area contributed by atoms with Gasteiger partial charge in [-0.05, 0) is 0 Å². The van der Waals surface area contributed by atoms with E-state index >= 15 is 0 Å². The van der Waals surface area contributed by atoms with E-state index in [1.807, 2.05) is 0 Å². The third kappa shape index (κ3) is 0.526. The lowest BCUT2D eigenvalue weighted by Gasteiger charge is -2.00. The maximum atomic E-state index is 10.4. The van der Waals surface area contributed by atoms with Gasteiger partial charge in [-0.25, -0.2) is 0 Å². The van der Waals surface area contributed by atoms with Gasteiger partial charge in [-0.2, -0.15) is 0 Å². The molecular weight excluding hydrogens is 122 g/mol. The Morgan fingerprint density at radius 3 is 2.11 bits per heavy atom. The summed E-state index contributed by atoms with van der Waals surface area (Å²) >= 11 is 0. The summed E-state index contributed by atoms with van der Waals surface area (Å²) in [7, 11) is 1.26. The van der Waals surface area contributed by atoms with Crippen LogP contribution < -0.4 is 21.3 Å². The maximum Gasteiger partial charge on any atom is 0.272 e. The average Bonchev–Trinajstić information content (AvgIpc) is 1.89. The molecule has 1 rings (SSSR count). The molecule has 1 radical (unpaired) electrons. The van der Waals surface area contributed by atoms with E-state index in [4.69, 9.17) is 5.73 Å². The van der Waals surface area contributed by atoms with E-state index < -0.39 is 10.9 Å². The second-order valence-electron chi connectivity index (χ2n) is 1.57. The summed E-state index contributed by atoms with van der Waals surface area (Å²) in [6.07, 6.45) is 0. The smallest absolute Gasteiger partial charge is 0.272 e. The fraction of sp³-hybridized carbons (Fsp3) is 0.200. The second kappa shape index (κ2) is 1.58. The molecule has 0 fully saturated rings. The normalized spacial score (nSPS) is 9.89. The zero-order valence-electron chi connectivity index (χ0n) is 4.72. The van der Waals surface area contributed by atoms with Crippen molar-refractivity contribution in [2.24, 2.45) is 0 Å². The first kappa shape index (κ1) is 5.81. The van der Waals surface area contributed by atoms with Crippen LogP contribution in [-0.4, -0.2) is 7.11 Å². The van der Waals surface area contributed by atoms with E-state index in [2.05, 4.69) is 4.74 Å². The molecule has 4 nitrogen and oxygen atoms in total. The number of methoxy groups -OCH3 is 1. The minimum Gasteiger partial charge on any atom is -0.490 e. The van der Waals surface area contributed by atoms with Crippen molar-refractivity contribution in [3.63, 3.8) is 0 Å². The fourth-order valence-electron chi connectivity index (χ4n) is 0.566. The predicted octanol–water partition coefficient (Wildman–Crippen LogP) is -0.794. The van der Waals surface area contributed by atoms with Crippen LogP contribution in [0.2, 0.25) is 0 Å². The van der Waals surface area contributed by atoms with Crippen LogP contribution in [-0.2, 0) is 0 Å². The average molecular weight is 126 g/mol. The van der Waals surface area contributed by atoms with Crippen LogP contribution in [0.4, 0.5) is 5.69 Å². The summed E-state index contributed by atoms with van der Waals surface area (Å²) in [6.45, 7) is 0. The van der Waals surface area contributed by atoms with Crippen molar-refractivity contribution >= 4 is 5.69 Å². The van der Waals surface area contributed by atoms with Crippen molar-refractivity contribution in [2.75, 3.05) is 7.11 Å². The first-order valence-corrected chi connectivity index (χ1v) is 2.27. The van der Waals surface area contributed by atoms with Crippen molar-refractivity contribution in [1.29, 1.82) is 0 Å². The Labute approximate surface area is 50.6 Å². The van der Waals surface area contributed by atoms with Crippen LogP contribution in [0.3, 0.4) is 0 Å². The number of hydrogen-bond acceptors (Lipinski definition) is 3. The molecule has 1 N–H and O–H groups in total. The second-order valence-corrected chi connectivity index (χ2v) is 1.57. The zero-order valence-corrected chi connectivity index (χ0v) is 4.72. The van der Waals surface area contributed by atoms with Crippen LogP contribution >= 0.6 is 0 Å². The standard InChI is InChI=1S/C5H4NO3/c1-9-5-2(6)3(7)4(5)8/h6H,1H3. The third-order valence-electron chi connectivity index (χ3n) is 1.07. The third-order valence-corrected chi connectivity index (χ3v) is 1.07. The van der Waals surface area contributed by atoms with Crippen LogP contribution in [0.5, 0.6) is 5.75 Å². The van der Waals surface area contributed by atoms with Gasteiger partial charge in [-0.15, -0.1) is 0 Å². The van der Waals surface area contributed by atoms with Gasteiger partial charge in [0.25, 0.3) is 10.9 Å². The summed E-state index contributed by atoms with van der Waals surface area (Å²) in [4.78, 5) is 20.6. The quantitative estimate of drug-likeness (QED) is 0.463. The van der Waals surface area contributed by atoms with E-state index in [-0.39, 0.29) is 11.4 Å². The summed E-state index contributed by atoms with van der Waals surface area (Å²) in [6, 6.07) is 0.